The van der Waals surface area contributed by atoms with Crippen LogP contribution in [-0.2, 0) is 30.6 Å². The number of nitrogens with one attached hydrogen (secondary N) is 1. The molecule has 0 aromatic heterocycles. The number of hydrogen-bond donors (Lipinski definition) is 1. The van der Waals surface area contributed by atoms with Crippen molar-refractivity contribution in [2.75, 3.05) is 18.0 Å². The van der Waals surface area contributed by atoms with Gasteiger partial charge in [0.25, 0.3) is 0 Å². The SMILES string of the molecule is O=C1CCc2cc3c(cc2N1Cc1ccccc1)CCNCC3. The van der Waals surface area contributed by atoms with Gasteiger partial charge in [-0.05, 0) is 60.7 Å². The Morgan fingerprint density at radius 1 is 0.870 bits per heavy atom. The first-order valence-electron chi connectivity index (χ1n) is 8.51. The van der Waals surface area contributed by atoms with Crippen molar-refractivity contribution in [3.05, 3.63) is 64.7 Å². The number of carbonyl (C=O) groups excluding carboxylic acids is 1. The highest BCUT2D eigenvalue weighted by Crippen LogP contribution is 2.33. The average molecular weight is 306 g/mol. The van der Waals surface area contributed by atoms with E-state index in [9.17, 15) is 4.79 Å². The van der Waals surface area contributed by atoms with Crippen LogP contribution in [0.25, 0.3) is 0 Å². The van der Waals surface area contributed by atoms with E-state index in [0.717, 1.165) is 38.0 Å². The van der Waals surface area contributed by atoms with Crippen LogP contribution in [0.15, 0.2) is 42.5 Å². The third kappa shape index (κ3) is 2.89. The fourth-order valence-corrected chi connectivity index (χ4v) is 3.67. The first kappa shape index (κ1) is 14.5. The summed E-state index contributed by atoms with van der Waals surface area (Å²) < 4.78 is 0. The van der Waals surface area contributed by atoms with Gasteiger partial charge in [-0.3, -0.25) is 4.79 Å². The Hall–Kier alpha value is -2.13. The third-order valence-corrected chi connectivity index (χ3v) is 4.93. The highest BCUT2D eigenvalue weighted by molar-refractivity contribution is 5.96. The standard InChI is InChI=1S/C20H22N2O/c23-20-7-6-18-12-16-8-10-21-11-9-17(16)13-19(18)22(20)14-15-4-2-1-3-5-15/h1-5,12-13,21H,6-11,14H2. The second-order valence-corrected chi connectivity index (χ2v) is 6.47. The molecular weight excluding hydrogens is 284 g/mol. The first-order valence-corrected chi connectivity index (χ1v) is 8.51. The van der Waals surface area contributed by atoms with Crippen molar-refractivity contribution in [2.45, 2.75) is 32.2 Å². The van der Waals surface area contributed by atoms with Gasteiger partial charge in [-0.15, -0.1) is 0 Å². The number of amides is 1. The van der Waals surface area contributed by atoms with Crippen molar-refractivity contribution in [1.29, 1.82) is 0 Å². The van der Waals surface area contributed by atoms with Gasteiger partial charge in [0, 0.05) is 12.1 Å². The van der Waals surface area contributed by atoms with E-state index in [1.807, 2.05) is 23.1 Å². The average Bonchev–Trinajstić information content (AvgIpc) is 2.82. The number of rotatable bonds is 2. The third-order valence-electron chi connectivity index (χ3n) is 4.93. The van der Waals surface area contributed by atoms with Crippen LogP contribution in [0.2, 0.25) is 0 Å². The lowest BCUT2D eigenvalue weighted by atomic mass is 9.93. The predicted octanol–water partition coefficient (Wildman–Crippen LogP) is 2.85. The minimum Gasteiger partial charge on any atom is -0.316 e. The molecule has 118 valence electrons. The molecule has 2 aliphatic heterocycles. The van der Waals surface area contributed by atoms with Gasteiger partial charge < -0.3 is 10.2 Å². The normalized spacial score (nSPS) is 17.4. The van der Waals surface area contributed by atoms with E-state index in [1.165, 1.54) is 22.3 Å². The predicted molar refractivity (Wildman–Crippen MR) is 92.7 cm³/mol. The second kappa shape index (κ2) is 6.17. The molecule has 0 saturated carbocycles. The number of hydrogen-bond acceptors (Lipinski definition) is 2. The van der Waals surface area contributed by atoms with E-state index in [2.05, 4.69) is 29.6 Å². The van der Waals surface area contributed by atoms with Crippen LogP contribution in [-0.4, -0.2) is 19.0 Å². The van der Waals surface area contributed by atoms with Gasteiger partial charge in [0.05, 0.1) is 6.54 Å². The molecule has 3 heteroatoms. The number of aryl methyl sites for hydroxylation is 1. The molecule has 2 heterocycles. The molecular formula is C20H22N2O. The molecule has 2 aromatic rings. The Morgan fingerprint density at radius 3 is 2.39 bits per heavy atom. The summed E-state index contributed by atoms with van der Waals surface area (Å²) in [5.74, 6) is 0.244. The van der Waals surface area contributed by atoms with Crippen LogP contribution in [0.4, 0.5) is 5.69 Å². The summed E-state index contributed by atoms with van der Waals surface area (Å²) in [5, 5.41) is 3.46. The van der Waals surface area contributed by atoms with Crippen molar-refractivity contribution >= 4 is 11.6 Å². The van der Waals surface area contributed by atoms with Crippen LogP contribution < -0.4 is 10.2 Å². The maximum Gasteiger partial charge on any atom is 0.227 e. The number of benzene rings is 2. The summed E-state index contributed by atoms with van der Waals surface area (Å²) in [7, 11) is 0. The van der Waals surface area contributed by atoms with Crippen LogP contribution >= 0.6 is 0 Å². The summed E-state index contributed by atoms with van der Waals surface area (Å²) in [5.41, 5.74) is 6.52. The van der Waals surface area contributed by atoms with Crippen LogP contribution in [0.5, 0.6) is 0 Å². The lowest BCUT2D eigenvalue weighted by Gasteiger charge is -2.31. The topological polar surface area (TPSA) is 32.3 Å². The van der Waals surface area contributed by atoms with E-state index in [-0.39, 0.29) is 5.91 Å². The van der Waals surface area contributed by atoms with Gasteiger partial charge in [0.1, 0.15) is 0 Å². The van der Waals surface area contributed by atoms with E-state index in [1.54, 1.807) is 0 Å². The van der Waals surface area contributed by atoms with E-state index < -0.39 is 0 Å². The number of nitrogens with zero attached hydrogens (tertiary/aromatic N) is 1. The monoisotopic (exact) mass is 306 g/mol. The smallest absolute Gasteiger partial charge is 0.227 e. The Bertz CT molecular complexity index is 724. The zero-order valence-corrected chi connectivity index (χ0v) is 13.3. The zero-order chi connectivity index (χ0) is 15.6. The molecule has 0 spiro atoms. The Morgan fingerprint density at radius 2 is 1.61 bits per heavy atom. The molecule has 1 amide bonds. The Kier molecular flexibility index (Phi) is 3.88. The van der Waals surface area contributed by atoms with Gasteiger partial charge in [0.15, 0.2) is 0 Å². The molecule has 0 fully saturated rings. The van der Waals surface area contributed by atoms with Crippen molar-refractivity contribution in [3.63, 3.8) is 0 Å². The van der Waals surface area contributed by atoms with Gasteiger partial charge in [-0.1, -0.05) is 36.4 Å². The second-order valence-electron chi connectivity index (χ2n) is 6.47. The minimum atomic E-state index is 0.244. The quantitative estimate of drug-likeness (QED) is 0.925. The maximum atomic E-state index is 12.5. The van der Waals surface area contributed by atoms with Crippen LogP contribution in [0.3, 0.4) is 0 Å². The summed E-state index contributed by atoms with van der Waals surface area (Å²) in [6, 6.07) is 14.9. The first-order chi connectivity index (χ1) is 11.3. The van der Waals surface area contributed by atoms with Gasteiger partial charge in [-0.2, -0.15) is 0 Å². The molecule has 1 N–H and O–H groups in total. The van der Waals surface area contributed by atoms with Crippen molar-refractivity contribution in [2.24, 2.45) is 0 Å². The van der Waals surface area contributed by atoms with E-state index >= 15 is 0 Å². The van der Waals surface area contributed by atoms with Crippen molar-refractivity contribution < 1.29 is 4.79 Å². The van der Waals surface area contributed by atoms with Gasteiger partial charge >= 0.3 is 0 Å². The lowest BCUT2D eigenvalue weighted by Crippen LogP contribution is -2.34. The molecule has 3 nitrogen and oxygen atoms in total. The zero-order valence-electron chi connectivity index (χ0n) is 13.3. The van der Waals surface area contributed by atoms with Crippen molar-refractivity contribution in [1.82, 2.24) is 5.32 Å². The molecule has 0 radical (unpaired) electrons. The fraction of sp³-hybridized carbons (Fsp3) is 0.350. The van der Waals surface area contributed by atoms with Crippen LogP contribution in [0, 0.1) is 0 Å². The van der Waals surface area contributed by atoms with Crippen molar-refractivity contribution in [3.8, 4) is 0 Å². The highest BCUT2D eigenvalue weighted by atomic mass is 16.2. The minimum absolute atomic E-state index is 0.244. The molecule has 4 rings (SSSR count). The Balaban J connectivity index is 1.72. The summed E-state index contributed by atoms with van der Waals surface area (Å²) in [6.07, 6.45) is 3.64. The lowest BCUT2D eigenvalue weighted by molar-refractivity contribution is -0.119. The van der Waals surface area contributed by atoms with Gasteiger partial charge in [0.2, 0.25) is 5.91 Å². The summed E-state index contributed by atoms with van der Waals surface area (Å²) in [4.78, 5) is 14.5. The number of anilines is 1. The van der Waals surface area contributed by atoms with Crippen LogP contribution in [0.1, 0.15) is 28.7 Å². The van der Waals surface area contributed by atoms with E-state index in [0.29, 0.717) is 13.0 Å². The van der Waals surface area contributed by atoms with E-state index in [4.69, 9.17) is 0 Å². The molecule has 0 saturated heterocycles. The molecule has 2 aliphatic rings. The fourth-order valence-electron chi connectivity index (χ4n) is 3.67. The molecule has 0 bridgehead atoms. The molecule has 23 heavy (non-hydrogen) atoms. The molecule has 2 aromatic carbocycles. The van der Waals surface area contributed by atoms with Gasteiger partial charge in [-0.25, -0.2) is 0 Å². The maximum absolute atomic E-state index is 12.5. The number of fused-ring (bicyclic) bond motifs is 2. The largest absolute Gasteiger partial charge is 0.316 e. The summed E-state index contributed by atoms with van der Waals surface area (Å²) in [6.45, 7) is 2.75. The summed E-state index contributed by atoms with van der Waals surface area (Å²) >= 11 is 0. The Labute approximate surface area is 137 Å². The molecule has 0 atom stereocenters. The molecule has 0 unspecified atom stereocenters. The number of carbonyl (C=O) groups is 1. The highest BCUT2D eigenvalue weighted by Gasteiger charge is 2.26. The molecule has 0 aliphatic carbocycles.